The van der Waals surface area contributed by atoms with Gasteiger partial charge in [0, 0.05) is 10.9 Å². The quantitative estimate of drug-likeness (QED) is 0.621. The molecule has 2 aromatic rings. The molecule has 0 aromatic heterocycles. The summed E-state index contributed by atoms with van der Waals surface area (Å²) in [4.78, 5) is 12.2. The molecule has 1 N–H and O–H groups in total. The Morgan fingerprint density at radius 3 is 2.75 bits per heavy atom. The van der Waals surface area contributed by atoms with Gasteiger partial charge < -0.3 is 10.1 Å². The summed E-state index contributed by atoms with van der Waals surface area (Å²) >= 11 is 6.03. The molecule has 0 saturated carbocycles. The van der Waals surface area contributed by atoms with Crippen molar-refractivity contribution in [1.29, 1.82) is 0 Å². The van der Waals surface area contributed by atoms with Crippen LogP contribution in [0.25, 0.3) is 0 Å². The fourth-order valence-electron chi connectivity index (χ4n) is 3.90. The van der Waals surface area contributed by atoms with E-state index in [-0.39, 0.29) is 12.0 Å². The van der Waals surface area contributed by atoms with Gasteiger partial charge >= 0.3 is 5.97 Å². The first-order chi connectivity index (χ1) is 11.7. The Bertz CT molecular complexity index is 813. The number of para-hydroxylation sites is 1. The lowest BCUT2D eigenvalue weighted by Gasteiger charge is -2.38. The highest BCUT2D eigenvalue weighted by Crippen LogP contribution is 2.50. The number of carbonyl (C=O) groups excluding carboxylic acids is 1. The molecule has 24 heavy (non-hydrogen) atoms. The third kappa shape index (κ3) is 2.40. The highest BCUT2D eigenvalue weighted by atomic mass is 35.5. The number of ether oxygens (including phenoxy) is 1. The largest absolute Gasteiger partial charge is 0.465 e. The van der Waals surface area contributed by atoms with Gasteiger partial charge in [-0.15, -0.1) is 0 Å². The van der Waals surface area contributed by atoms with E-state index in [1.165, 1.54) is 18.2 Å². The number of carbonyl (C=O) groups is 1. The summed E-state index contributed by atoms with van der Waals surface area (Å²) < 4.78 is 4.96. The second kappa shape index (κ2) is 5.99. The summed E-state index contributed by atoms with van der Waals surface area (Å²) in [7, 11) is 1.42. The zero-order valence-corrected chi connectivity index (χ0v) is 14.1. The van der Waals surface area contributed by atoms with Crippen molar-refractivity contribution in [1.82, 2.24) is 0 Å². The predicted octanol–water partition coefficient (Wildman–Crippen LogP) is 4.95. The molecule has 0 radical (unpaired) electrons. The average Bonchev–Trinajstić information content (AvgIpc) is 3.10. The fourth-order valence-corrected chi connectivity index (χ4v) is 4.03. The number of fused-ring (bicyclic) bond motifs is 3. The minimum Gasteiger partial charge on any atom is -0.465 e. The minimum absolute atomic E-state index is 0.139. The number of benzene rings is 2. The number of halogens is 1. The summed E-state index contributed by atoms with van der Waals surface area (Å²) in [6, 6.07) is 13.9. The van der Waals surface area contributed by atoms with Gasteiger partial charge in [-0.3, -0.25) is 0 Å². The molecule has 0 fully saturated rings. The van der Waals surface area contributed by atoms with Crippen LogP contribution in [0.15, 0.2) is 54.6 Å². The molecule has 3 nitrogen and oxygen atoms in total. The molecule has 2 aromatic carbocycles. The van der Waals surface area contributed by atoms with E-state index in [4.69, 9.17) is 16.3 Å². The summed E-state index contributed by atoms with van der Waals surface area (Å²) in [5, 5.41) is 4.33. The standard InChI is InChI=1S/C20H18ClNO2/c1-24-20(23)17-7-3-6-16-14-4-2-5-15(14)18(22-19(16)17)12-8-10-13(21)11-9-12/h2-4,6-11,14-15,18,22H,5H2,1H3/t14-,15+,18-/m1/s1. The van der Waals surface area contributed by atoms with Crippen LogP contribution in [0.1, 0.15) is 39.9 Å². The van der Waals surface area contributed by atoms with Crippen molar-refractivity contribution in [2.24, 2.45) is 5.92 Å². The predicted molar refractivity (Wildman–Crippen MR) is 95.6 cm³/mol. The van der Waals surface area contributed by atoms with Gasteiger partial charge in [0.15, 0.2) is 0 Å². The number of rotatable bonds is 2. The second-order valence-electron chi connectivity index (χ2n) is 6.29. The van der Waals surface area contributed by atoms with E-state index >= 15 is 0 Å². The molecule has 4 heteroatoms. The Morgan fingerprint density at radius 1 is 1.21 bits per heavy atom. The molecule has 1 aliphatic carbocycles. The number of nitrogens with one attached hydrogen (secondary N) is 1. The molecule has 0 saturated heterocycles. The van der Waals surface area contributed by atoms with Gasteiger partial charge in [0.2, 0.25) is 0 Å². The van der Waals surface area contributed by atoms with Gasteiger partial charge in [-0.2, -0.15) is 0 Å². The van der Waals surface area contributed by atoms with E-state index in [2.05, 4.69) is 35.7 Å². The van der Waals surface area contributed by atoms with Crippen molar-refractivity contribution < 1.29 is 9.53 Å². The van der Waals surface area contributed by atoms with Crippen molar-refractivity contribution in [3.05, 3.63) is 76.3 Å². The van der Waals surface area contributed by atoms with E-state index in [9.17, 15) is 4.79 Å². The molecular formula is C20H18ClNO2. The van der Waals surface area contributed by atoms with Crippen LogP contribution in [-0.4, -0.2) is 13.1 Å². The highest BCUT2D eigenvalue weighted by Gasteiger charge is 2.39. The Morgan fingerprint density at radius 2 is 2.00 bits per heavy atom. The molecule has 122 valence electrons. The molecular weight excluding hydrogens is 322 g/mol. The number of methoxy groups -OCH3 is 1. The minimum atomic E-state index is -0.311. The van der Waals surface area contributed by atoms with Gasteiger partial charge in [0.25, 0.3) is 0 Å². The van der Waals surface area contributed by atoms with Crippen LogP contribution in [0.2, 0.25) is 5.02 Å². The summed E-state index contributed by atoms with van der Waals surface area (Å²) in [6.45, 7) is 0. The smallest absolute Gasteiger partial charge is 0.339 e. The summed E-state index contributed by atoms with van der Waals surface area (Å²) in [6.07, 6.45) is 5.51. The molecule has 1 heterocycles. The van der Waals surface area contributed by atoms with Crippen LogP contribution < -0.4 is 5.32 Å². The molecule has 0 unspecified atom stereocenters. The van der Waals surface area contributed by atoms with Crippen LogP contribution >= 0.6 is 11.6 Å². The number of anilines is 1. The maximum Gasteiger partial charge on any atom is 0.339 e. The van der Waals surface area contributed by atoms with E-state index < -0.39 is 0 Å². The lowest BCUT2D eigenvalue weighted by Crippen LogP contribution is -2.30. The normalized spacial score (nSPS) is 24.0. The Balaban J connectivity index is 1.82. The van der Waals surface area contributed by atoms with E-state index in [1.807, 2.05) is 24.3 Å². The second-order valence-corrected chi connectivity index (χ2v) is 6.72. The number of allylic oxidation sites excluding steroid dienone is 2. The van der Waals surface area contributed by atoms with Gasteiger partial charge in [0.1, 0.15) is 0 Å². The van der Waals surface area contributed by atoms with Gasteiger partial charge in [-0.1, -0.05) is 48.0 Å². The topological polar surface area (TPSA) is 38.3 Å². The Labute approximate surface area is 146 Å². The van der Waals surface area contributed by atoms with Crippen LogP contribution in [0.3, 0.4) is 0 Å². The molecule has 0 bridgehead atoms. The third-order valence-electron chi connectivity index (χ3n) is 5.03. The van der Waals surface area contributed by atoms with Crippen molar-refractivity contribution in [3.63, 3.8) is 0 Å². The first kappa shape index (κ1) is 15.3. The van der Waals surface area contributed by atoms with E-state index in [1.54, 1.807) is 0 Å². The van der Waals surface area contributed by atoms with E-state index in [0.717, 1.165) is 17.1 Å². The van der Waals surface area contributed by atoms with Crippen molar-refractivity contribution >= 4 is 23.3 Å². The Hall–Kier alpha value is -2.26. The molecule has 4 rings (SSSR count). The third-order valence-corrected chi connectivity index (χ3v) is 5.28. The monoisotopic (exact) mass is 339 g/mol. The fraction of sp³-hybridized carbons (Fsp3) is 0.250. The first-order valence-corrected chi connectivity index (χ1v) is 8.46. The maximum atomic E-state index is 12.2. The summed E-state index contributed by atoms with van der Waals surface area (Å²) in [5.74, 6) is 0.438. The van der Waals surface area contributed by atoms with Gasteiger partial charge in [-0.25, -0.2) is 4.79 Å². The maximum absolute atomic E-state index is 12.2. The number of hydrogen-bond acceptors (Lipinski definition) is 3. The number of esters is 1. The highest BCUT2D eigenvalue weighted by molar-refractivity contribution is 6.30. The van der Waals surface area contributed by atoms with Gasteiger partial charge in [0.05, 0.1) is 24.4 Å². The average molecular weight is 340 g/mol. The molecule has 1 aliphatic heterocycles. The molecule has 2 aliphatic rings. The Kier molecular flexibility index (Phi) is 3.81. The van der Waals surface area contributed by atoms with Gasteiger partial charge in [-0.05, 0) is 41.7 Å². The van der Waals surface area contributed by atoms with Crippen LogP contribution in [-0.2, 0) is 4.74 Å². The molecule has 3 atom stereocenters. The summed E-state index contributed by atoms with van der Waals surface area (Å²) in [5.41, 5.74) is 3.83. The molecule has 0 spiro atoms. The van der Waals surface area contributed by atoms with Crippen LogP contribution in [0, 0.1) is 5.92 Å². The van der Waals surface area contributed by atoms with Crippen molar-refractivity contribution in [2.45, 2.75) is 18.4 Å². The zero-order valence-electron chi connectivity index (χ0n) is 13.3. The van der Waals surface area contributed by atoms with Crippen LogP contribution in [0.4, 0.5) is 5.69 Å². The van der Waals surface area contributed by atoms with Crippen molar-refractivity contribution in [2.75, 3.05) is 12.4 Å². The first-order valence-electron chi connectivity index (χ1n) is 8.09. The number of hydrogen-bond donors (Lipinski definition) is 1. The van der Waals surface area contributed by atoms with E-state index in [0.29, 0.717) is 17.4 Å². The lowest BCUT2D eigenvalue weighted by atomic mass is 9.76. The SMILES string of the molecule is COC(=O)c1cccc2c1N[C@H](c1ccc(Cl)cc1)[C@H]1CC=C[C@@H]21. The zero-order chi connectivity index (χ0) is 16.7. The lowest BCUT2D eigenvalue weighted by molar-refractivity contribution is 0.0601. The van der Waals surface area contributed by atoms with Crippen molar-refractivity contribution in [3.8, 4) is 0 Å². The molecule has 0 amide bonds. The van der Waals surface area contributed by atoms with Crippen LogP contribution in [0.5, 0.6) is 0 Å².